The summed E-state index contributed by atoms with van der Waals surface area (Å²) in [5.41, 5.74) is 1.24. The zero-order valence-corrected chi connectivity index (χ0v) is 15.2. The van der Waals surface area contributed by atoms with Crippen molar-refractivity contribution in [1.82, 2.24) is 14.9 Å². The number of benzene rings is 1. The third-order valence-corrected chi connectivity index (χ3v) is 4.13. The Bertz CT molecular complexity index is 1070. The lowest BCUT2D eigenvalue weighted by atomic mass is 10.1. The van der Waals surface area contributed by atoms with Crippen LogP contribution >= 0.6 is 0 Å². The van der Waals surface area contributed by atoms with Gasteiger partial charge in [-0.25, -0.2) is 4.98 Å². The average molecular weight is 364 g/mol. The first-order valence-corrected chi connectivity index (χ1v) is 8.53. The summed E-state index contributed by atoms with van der Waals surface area (Å²) in [7, 11) is 0. The molecule has 138 valence electrons. The van der Waals surface area contributed by atoms with Crippen LogP contribution in [0.15, 0.2) is 53.3 Å². The SMILES string of the molecule is Cc1cccc(NC(=O)CNC(=O)Cn2c(C)cc3ccccc3c2=O)n1. The van der Waals surface area contributed by atoms with Crippen molar-refractivity contribution < 1.29 is 9.59 Å². The van der Waals surface area contributed by atoms with Crippen LogP contribution in [0.4, 0.5) is 5.82 Å². The van der Waals surface area contributed by atoms with Crippen LogP contribution in [-0.4, -0.2) is 27.9 Å². The van der Waals surface area contributed by atoms with Crippen molar-refractivity contribution in [1.29, 1.82) is 0 Å². The maximum atomic E-state index is 12.6. The number of hydrogen-bond donors (Lipinski definition) is 2. The Morgan fingerprint density at radius 1 is 1.04 bits per heavy atom. The van der Waals surface area contributed by atoms with Crippen LogP contribution in [0, 0.1) is 13.8 Å². The number of fused-ring (bicyclic) bond motifs is 1. The maximum absolute atomic E-state index is 12.6. The molecule has 7 heteroatoms. The van der Waals surface area contributed by atoms with Gasteiger partial charge in [-0.05, 0) is 43.5 Å². The molecule has 0 unspecified atom stereocenters. The zero-order valence-electron chi connectivity index (χ0n) is 15.2. The highest BCUT2D eigenvalue weighted by Crippen LogP contribution is 2.11. The summed E-state index contributed by atoms with van der Waals surface area (Å²) in [4.78, 5) is 40.9. The summed E-state index contributed by atoms with van der Waals surface area (Å²) in [5.74, 6) is -0.372. The van der Waals surface area contributed by atoms with Gasteiger partial charge in [-0.1, -0.05) is 24.3 Å². The number of aryl methyl sites for hydroxylation is 2. The van der Waals surface area contributed by atoms with Crippen LogP contribution in [-0.2, 0) is 16.1 Å². The number of nitrogens with one attached hydrogen (secondary N) is 2. The molecule has 3 rings (SSSR count). The van der Waals surface area contributed by atoms with Crippen molar-refractivity contribution in [3.8, 4) is 0 Å². The lowest BCUT2D eigenvalue weighted by Gasteiger charge is -2.12. The van der Waals surface area contributed by atoms with E-state index in [9.17, 15) is 14.4 Å². The Morgan fingerprint density at radius 3 is 2.59 bits per heavy atom. The molecule has 0 spiro atoms. The van der Waals surface area contributed by atoms with Crippen LogP contribution in [0.3, 0.4) is 0 Å². The third-order valence-electron chi connectivity index (χ3n) is 4.13. The minimum Gasteiger partial charge on any atom is -0.345 e. The molecule has 2 amide bonds. The number of anilines is 1. The van der Waals surface area contributed by atoms with Crippen LogP contribution in [0.5, 0.6) is 0 Å². The van der Waals surface area contributed by atoms with Crippen molar-refractivity contribution in [2.75, 3.05) is 11.9 Å². The Morgan fingerprint density at radius 2 is 1.81 bits per heavy atom. The van der Waals surface area contributed by atoms with E-state index < -0.39 is 5.91 Å². The van der Waals surface area contributed by atoms with Gasteiger partial charge in [0.25, 0.3) is 5.56 Å². The van der Waals surface area contributed by atoms with E-state index in [-0.39, 0.29) is 24.6 Å². The molecule has 0 saturated carbocycles. The highest BCUT2D eigenvalue weighted by Gasteiger charge is 2.11. The van der Waals surface area contributed by atoms with Gasteiger partial charge in [0.2, 0.25) is 11.8 Å². The predicted molar refractivity (Wildman–Crippen MR) is 104 cm³/mol. The number of hydrogen-bond acceptors (Lipinski definition) is 4. The van der Waals surface area contributed by atoms with Crippen LogP contribution in [0.25, 0.3) is 10.8 Å². The number of aromatic nitrogens is 2. The predicted octanol–water partition coefficient (Wildman–Crippen LogP) is 1.77. The summed E-state index contributed by atoms with van der Waals surface area (Å²) < 4.78 is 1.40. The smallest absolute Gasteiger partial charge is 0.259 e. The van der Waals surface area contributed by atoms with Gasteiger partial charge in [-0.2, -0.15) is 0 Å². The summed E-state index contributed by atoms with van der Waals surface area (Å²) in [6.45, 7) is 3.25. The second-order valence-corrected chi connectivity index (χ2v) is 6.25. The Labute approximate surface area is 156 Å². The fraction of sp³-hybridized carbons (Fsp3) is 0.200. The second-order valence-electron chi connectivity index (χ2n) is 6.25. The Balaban J connectivity index is 1.63. The summed E-state index contributed by atoms with van der Waals surface area (Å²) in [6, 6.07) is 14.4. The van der Waals surface area contributed by atoms with E-state index in [4.69, 9.17) is 0 Å². The molecule has 0 aliphatic rings. The summed E-state index contributed by atoms with van der Waals surface area (Å²) >= 11 is 0. The number of nitrogens with zero attached hydrogens (tertiary/aromatic N) is 2. The van der Waals surface area contributed by atoms with E-state index in [0.717, 1.165) is 11.1 Å². The van der Waals surface area contributed by atoms with E-state index in [2.05, 4.69) is 15.6 Å². The first-order valence-electron chi connectivity index (χ1n) is 8.53. The molecule has 0 aliphatic carbocycles. The maximum Gasteiger partial charge on any atom is 0.259 e. The van der Waals surface area contributed by atoms with Gasteiger partial charge in [-0.3, -0.25) is 14.4 Å². The van der Waals surface area contributed by atoms with Crippen molar-refractivity contribution in [2.45, 2.75) is 20.4 Å². The second kappa shape index (κ2) is 7.82. The zero-order chi connectivity index (χ0) is 19.4. The van der Waals surface area contributed by atoms with E-state index in [0.29, 0.717) is 16.9 Å². The minimum atomic E-state index is -0.414. The van der Waals surface area contributed by atoms with Gasteiger partial charge in [0.1, 0.15) is 12.4 Å². The normalized spacial score (nSPS) is 10.6. The lowest BCUT2D eigenvalue weighted by Crippen LogP contribution is -2.37. The lowest BCUT2D eigenvalue weighted by molar-refractivity contribution is -0.124. The minimum absolute atomic E-state index is 0.147. The highest BCUT2D eigenvalue weighted by atomic mass is 16.2. The summed E-state index contributed by atoms with van der Waals surface area (Å²) in [6.07, 6.45) is 0. The molecule has 0 bridgehead atoms. The number of carbonyl (C=O) groups excluding carboxylic acids is 2. The standard InChI is InChI=1S/C20H20N4O3/c1-13-6-5-9-17(22-13)23-18(25)11-21-19(26)12-24-14(2)10-15-7-3-4-8-16(15)20(24)27/h3-10H,11-12H2,1-2H3,(H,21,26)(H,22,23,25). The molecule has 0 saturated heterocycles. The van der Waals surface area contributed by atoms with Gasteiger partial charge in [0, 0.05) is 16.8 Å². The molecular formula is C20H20N4O3. The Kier molecular flexibility index (Phi) is 5.30. The molecule has 27 heavy (non-hydrogen) atoms. The molecule has 2 heterocycles. The molecule has 0 aliphatic heterocycles. The van der Waals surface area contributed by atoms with Gasteiger partial charge >= 0.3 is 0 Å². The molecule has 2 N–H and O–H groups in total. The molecule has 0 radical (unpaired) electrons. The van der Waals surface area contributed by atoms with E-state index in [1.165, 1.54) is 4.57 Å². The first-order chi connectivity index (χ1) is 12.9. The monoisotopic (exact) mass is 364 g/mol. The van der Waals surface area contributed by atoms with Crippen LogP contribution < -0.4 is 16.2 Å². The fourth-order valence-electron chi connectivity index (χ4n) is 2.80. The van der Waals surface area contributed by atoms with Gasteiger partial charge in [0.05, 0.1) is 6.54 Å². The summed E-state index contributed by atoms with van der Waals surface area (Å²) in [5, 5.41) is 6.54. The highest BCUT2D eigenvalue weighted by molar-refractivity contribution is 5.93. The van der Waals surface area contributed by atoms with E-state index in [1.807, 2.05) is 31.2 Å². The quantitative estimate of drug-likeness (QED) is 0.722. The van der Waals surface area contributed by atoms with Crippen LogP contribution in [0.1, 0.15) is 11.4 Å². The molecule has 1 aromatic carbocycles. The number of amides is 2. The number of carbonyl (C=O) groups is 2. The van der Waals surface area contributed by atoms with Crippen molar-refractivity contribution in [3.05, 3.63) is 70.3 Å². The van der Waals surface area contributed by atoms with Crippen molar-refractivity contribution in [2.24, 2.45) is 0 Å². The van der Waals surface area contributed by atoms with Gasteiger partial charge in [-0.15, -0.1) is 0 Å². The molecule has 7 nitrogen and oxygen atoms in total. The van der Waals surface area contributed by atoms with Crippen LogP contribution in [0.2, 0.25) is 0 Å². The molecule has 2 aromatic heterocycles. The van der Waals surface area contributed by atoms with Gasteiger partial charge < -0.3 is 15.2 Å². The fourth-order valence-corrected chi connectivity index (χ4v) is 2.80. The largest absolute Gasteiger partial charge is 0.345 e. The topological polar surface area (TPSA) is 93.1 Å². The van der Waals surface area contributed by atoms with E-state index in [1.54, 1.807) is 31.2 Å². The first kappa shape index (κ1) is 18.3. The molecule has 0 fully saturated rings. The molecule has 3 aromatic rings. The molecule has 0 atom stereocenters. The van der Waals surface area contributed by atoms with Crippen molar-refractivity contribution in [3.63, 3.8) is 0 Å². The van der Waals surface area contributed by atoms with E-state index >= 15 is 0 Å². The Hall–Kier alpha value is -3.48. The average Bonchev–Trinajstić information content (AvgIpc) is 2.63. The third kappa shape index (κ3) is 4.38. The van der Waals surface area contributed by atoms with Crippen molar-refractivity contribution >= 4 is 28.4 Å². The number of rotatable bonds is 5. The van der Waals surface area contributed by atoms with Gasteiger partial charge in [0.15, 0.2) is 0 Å². The number of pyridine rings is 2. The molecular weight excluding hydrogens is 344 g/mol.